The number of benzene rings is 4. The molecule has 0 unspecified atom stereocenters. The summed E-state index contributed by atoms with van der Waals surface area (Å²) in [6.45, 7) is 0. The van der Waals surface area contributed by atoms with Gasteiger partial charge in [-0.15, -0.1) is 45.3 Å². The zero-order valence-corrected chi connectivity index (χ0v) is 54.8. The number of carboxylic acids is 4. The fraction of sp³-hybridized carbons (Fsp3) is 0. The van der Waals surface area contributed by atoms with Crippen molar-refractivity contribution in [2.24, 2.45) is 0 Å². The molecule has 0 bridgehead atoms. The Morgan fingerprint density at radius 1 is 0.278 bits per heavy atom. The molecule has 0 spiro atoms. The van der Waals surface area contributed by atoms with Crippen molar-refractivity contribution in [3.05, 3.63) is 303 Å². The van der Waals surface area contributed by atoms with Crippen LogP contribution in [0.5, 0.6) is 23.0 Å². The summed E-state index contributed by atoms with van der Waals surface area (Å²) >= 11 is 7.09. The van der Waals surface area contributed by atoms with Gasteiger partial charge in [0.2, 0.25) is 0 Å². The summed E-state index contributed by atoms with van der Waals surface area (Å²) in [6, 6.07) is 61.3. The summed E-state index contributed by atoms with van der Waals surface area (Å²) in [7, 11) is 0. The summed E-state index contributed by atoms with van der Waals surface area (Å²) < 4.78 is 10.9. The van der Waals surface area contributed by atoms with Crippen LogP contribution >= 0.6 is 45.3 Å². The van der Waals surface area contributed by atoms with Crippen LogP contribution in [0, 0.1) is 0 Å². The third kappa shape index (κ3) is 19.3. The Morgan fingerprint density at radius 2 is 0.474 bits per heavy atom. The summed E-state index contributed by atoms with van der Waals surface area (Å²) in [6.07, 6.45) is 22.4. The summed E-state index contributed by atoms with van der Waals surface area (Å²) in [4.78, 5) is 77.6. The van der Waals surface area contributed by atoms with E-state index in [1.165, 1.54) is 158 Å². The molecule has 0 atom stereocenters. The maximum atomic E-state index is 10.7. The van der Waals surface area contributed by atoms with Gasteiger partial charge in [0.25, 0.3) is 0 Å². The molecule has 10 aromatic heterocycles. The zero-order valence-electron chi connectivity index (χ0n) is 50.5. The molecular weight excluding hydrogens is 1350 g/mol. The van der Waals surface area contributed by atoms with Gasteiger partial charge >= 0.3 is 28.4 Å². The molecule has 4 aromatic carbocycles. The molecule has 0 amide bonds. The van der Waals surface area contributed by atoms with Crippen LogP contribution in [0.4, 0.5) is 0 Å². The number of pyridine rings is 6. The Kier molecular flexibility index (Phi) is 25.4. The molecule has 484 valence electrons. The number of carboxylic acid groups (broad SMARTS) is 4. The van der Waals surface area contributed by atoms with Gasteiger partial charge in [-0.25, -0.2) is 9.59 Å². The van der Waals surface area contributed by atoms with Crippen molar-refractivity contribution in [2.45, 2.75) is 0 Å². The molecule has 18 nitrogen and oxygen atoms in total. The van der Waals surface area contributed by atoms with Crippen molar-refractivity contribution in [1.82, 2.24) is 29.9 Å². The molecule has 0 aliphatic heterocycles. The van der Waals surface area contributed by atoms with Crippen molar-refractivity contribution in [3.8, 4) is 107 Å². The van der Waals surface area contributed by atoms with E-state index in [-0.39, 0.29) is 49.7 Å². The Bertz CT molecular complexity index is 4250. The number of carbonyl (C=O) groups is 4. The maximum Gasteiger partial charge on any atom is 2.00 e. The van der Waals surface area contributed by atoms with Crippen LogP contribution in [0.3, 0.4) is 0 Å². The summed E-state index contributed by atoms with van der Waals surface area (Å²) in [5, 5.41) is 38.6. The first-order valence-corrected chi connectivity index (χ1v) is 31.7. The van der Waals surface area contributed by atoms with Crippen LogP contribution < -0.4 is 19.7 Å². The Hall–Kier alpha value is -11.5. The predicted molar refractivity (Wildman–Crippen MR) is 373 cm³/mol. The minimum atomic E-state index is -1.25. The monoisotopic (exact) mass is 1400 g/mol. The Balaban J connectivity index is 0.000000166. The van der Waals surface area contributed by atoms with Gasteiger partial charge in [-0.3, -0.25) is 29.9 Å². The predicted octanol–water partition coefficient (Wildman–Crippen LogP) is 14.6. The molecule has 0 saturated carbocycles. The first-order valence-electron chi connectivity index (χ1n) is 28.4. The molecule has 10 heterocycles. The average Bonchev–Trinajstić information content (AvgIpc) is 1.90. The van der Waals surface area contributed by atoms with Crippen molar-refractivity contribution < 1.29 is 76.5 Å². The van der Waals surface area contributed by atoms with Crippen molar-refractivity contribution in [3.63, 3.8) is 0 Å². The molecule has 0 fully saturated rings. The summed E-state index contributed by atoms with van der Waals surface area (Å²) in [5.41, 5.74) is 9.78. The average molecular weight is 1410 g/mol. The van der Waals surface area contributed by atoms with E-state index in [0.717, 1.165) is 22.3 Å². The minimum Gasteiger partial charge on any atom is -0.545 e. The molecule has 23 heteroatoms. The van der Waals surface area contributed by atoms with Crippen LogP contribution in [0.25, 0.3) is 83.5 Å². The minimum absolute atomic E-state index is 0. The fourth-order valence-corrected chi connectivity index (χ4v) is 13.0. The van der Waals surface area contributed by atoms with E-state index in [2.05, 4.69) is 90.6 Å². The molecule has 97 heavy (non-hydrogen) atoms. The van der Waals surface area contributed by atoms with Gasteiger partial charge < -0.3 is 50.4 Å². The molecular formula is C74H54N6NiO12S4+2. The van der Waals surface area contributed by atoms with Gasteiger partial charge in [0, 0.05) is 136 Å². The van der Waals surface area contributed by atoms with Crippen LogP contribution in [0.2, 0.25) is 0 Å². The molecule has 14 rings (SSSR count). The van der Waals surface area contributed by atoms with Crippen molar-refractivity contribution in [2.75, 3.05) is 0 Å². The van der Waals surface area contributed by atoms with Crippen LogP contribution in [0.1, 0.15) is 41.4 Å². The van der Waals surface area contributed by atoms with Crippen LogP contribution in [-0.2, 0) is 27.4 Å². The number of hydrogen-bond acceptors (Lipinski definition) is 18. The SMILES string of the molecule is O=C([O-])c1ccc(Oc2ccc(C(=O)O)cc2)cc1.O=C([O-])c1ccc(Oc2ccc(C(=O)O)cc2)cc1.[Ni+2].[OH3+].[OH3+].c1cc(-c2ccc(-c3cncc(-c4ccc(-c5ccncc5)s4)c3)s2)ccn1.c1cc(-c2ccc(-c3cncc(-c4ccc(-c5ccncc5)s4)c3)s2)ccn1. The van der Waals surface area contributed by atoms with E-state index in [0.29, 0.717) is 23.0 Å². The van der Waals surface area contributed by atoms with Gasteiger partial charge in [0.1, 0.15) is 23.0 Å². The normalized spacial score (nSPS) is 10.1. The number of aromatic carboxylic acids is 4. The number of rotatable bonds is 16. The third-order valence-electron chi connectivity index (χ3n) is 13.8. The first kappa shape index (κ1) is 71.3. The van der Waals surface area contributed by atoms with E-state index in [9.17, 15) is 29.4 Å². The first-order chi connectivity index (χ1) is 45.8. The molecule has 0 saturated heterocycles. The van der Waals surface area contributed by atoms with E-state index >= 15 is 0 Å². The molecule has 8 N–H and O–H groups in total. The molecule has 0 aliphatic carbocycles. The smallest absolute Gasteiger partial charge is 0.545 e. The second-order valence-corrected chi connectivity index (χ2v) is 24.3. The standard InChI is InChI=1S/2C23H15N3S2.2C14H10O5.Ni.2H2O/c2*1-3-22(27-20(1)16-5-9-24-10-6-16)18-13-19(15-26-14-18)23-4-2-21(28-23)17-7-11-25-12-8-17;2*15-13(16)9-1-5-11(6-2-9)19-12-7-3-10(4-8-12)14(17)18;;;/h2*1-15H;2*1-8H,(H,15,16)(H,17,18);;2*1H2/q;;;;+2;;. The van der Waals surface area contributed by atoms with E-state index < -0.39 is 23.9 Å². The Morgan fingerprint density at radius 3 is 0.670 bits per heavy atom. The van der Waals surface area contributed by atoms with Gasteiger partial charge in [-0.05, 0) is 240 Å². The van der Waals surface area contributed by atoms with Crippen LogP contribution in [0.15, 0.2) is 281 Å². The molecule has 0 aliphatic rings. The van der Waals surface area contributed by atoms with Gasteiger partial charge in [0.15, 0.2) is 0 Å². The van der Waals surface area contributed by atoms with E-state index in [4.69, 9.17) is 19.7 Å². The second kappa shape index (κ2) is 34.6. The number of carbonyl (C=O) groups excluding carboxylic acids is 2. The number of aromatic nitrogens is 6. The van der Waals surface area contributed by atoms with Gasteiger partial charge in [-0.1, -0.05) is 0 Å². The van der Waals surface area contributed by atoms with E-state index in [1.807, 2.05) is 123 Å². The molecule has 14 aromatic rings. The van der Waals surface area contributed by atoms with Crippen LogP contribution in [-0.4, -0.2) is 64.0 Å². The quantitative estimate of drug-likeness (QED) is 0.0670. The largest absolute Gasteiger partial charge is 2.00 e. The summed E-state index contributed by atoms with van der Waals surface area (Å²) in [5.74, 6) is -2.69. The van der Waals surface area contributed by atoms with Gasteiger partial charge in [-0.2, -0.15) is 0 Å². The zero-order chi connectivity index (χ0) is 65.2. The fourth-order valence-electron chi connectivity index (χ4n) is 9.00. The number of ether oxygens (including phenoxy) is 2. The third-order valence-corrected chi connectivity index (χ3v) is 18.5. The number of thiophene rings is 4. The van der Waals surface area contributed by atoms with E-state index in [1.54, 1.807) is 45.3 Å². The maximum absolute atomic E-state index is 10.7. The van der Waals surface area contributed by atoms with Crippen molar-refractivity contribution >= 4 is 69.2 Å². The number of hydrogen-bond donors (Lipinski definition) is 2. The van der Waals surface area contributed by atoms with Gasteiger partial charge in [0.05, 0.1) is 23.1 Å². The van der Waals surface area contributed by atoms with Crippen molar-refractivity contribution in [1.29, 1.82) is 0 Å². The second-order valence-electron chi connectivity index (χ2n) is 20.0. The number of nitrogens with zero attached hydrogens (tertiary/aromatic N) is 6. The topological polar surface area (TPSA) is 317 Å². The molecule has 0 radical (unpaired) electrons. The Labute approximate surface area is 581 Å².